The van der Waals surface area contributed by atoms with Crippen LogP contribution in [0, 0.1) is 0 Å². The zero-order chi connectivity index (χ0) is 42.0. The van der Waals surface area contributed by atoms with E-state index in [0.717, 1.165) is 5.56 Å². The van der Waals surface area contributed by atoms with Crippen LogP contribution in [0.2, 0.25) is 0 Å². The summed E-state index contributed by atoms with van der Waals surface area (Å²) in [6, 6.07) is 10.3. The highest BCUT2D eigenvalue weighted by molar-refractivity contribution is 7.80. The van der Waals surface area contributed by atoms with Crippen molar-refractivity contribution in [3.63, 3.8) is 0 Å². The van der Waals surface area contributed by atoms with Crippen molar-refractivity contribution in [2.75, 3.05) is 31.0 Å². The Labute approximate surface area is 328 Å². The van der Waals surface area contributed by atoms with Crippen LogP contribution >= 0.6 is 0 Å². The van der Waals surface area contributed by atoms with Gasteiger partial charge >= 0.3 is 23.9 Å². The smallest absolute Gasteiger partial charge is 0.323 e. The third-order valence-electron chi connectivity index (χ3n) is 8.78. The zero-order valence-corrected chi connectivity index (χ0v) is 31.5. The molecule has 0 aliphatic carbocycles. The molecule has 3 rings (SSSR count). The number of rotatable bonds is 28. The van der Waals surface area contributed by atoms with Crippen LogP contribution in [0.3, 0.4) is 0 Å². The Balaban J connectivity index is 1.87. The van der Waals surface area contributed by atoms with Gasteiger partial charge in [0.05, 0.1) is 13.2 Å². The number of carbonyl (C=O) groups excluding carboxylic acids is 3. The first kappa shape index (κ1) is 45.3. The lowest BCUT2D eigenvalue weighted by molar-refractivity contribution is -0.149. The van der Waals surface area contributed by atoms with Crippen molar-refractivity contribution in [2.45, 2.75) is 70.2 Å². The summed E-state index contributed by atoms with van der Waals surface area (Å²) in [5.41, 5.74) is 0.611. The maximum absolute atomic E-state index is 13.6. The maximum Gasteiger partial charge on any atom is 0.323 e. The van der Waals surface area contributed by atoms with Crippen LogP contribution < -0.4 is 10.0 Å². The number of nitrogens with one attached hydrogen (secondary N) is 2. The van der Waals surface area contributed by atoms with Gasteiger partial charge in [-0.2, -0.15) is 0 Å². The number of anilines is 1. The number of benzene rings is 1. The minimum atomic E-state index is -2.26. The largest absolute Gasteiger partial charge is 0.481 e. The highest BCUT2D eigenvalue weighted by Crippen LogP contribution is 2.25. The van der Waals surface area contributed by atoms with Crippen LogP contribution in [0.1, 0.15) is 49.2 Å². The molecule has 0 bridgehead atoms. The summed E-state index contributed by atoms with van der Waals surface area (Å²) < 4.78 is 30.6. The number of aliphatic carboxylic acids is 4. The monoisotopic (exact) mass is 819 g/mol. The van der Waals surface area contributed by atoms with Crippen LogP contribution in [0.4, 0.5) is 5.69 Å². The number of carboxylic acids is 4. The van der Waals surface area contributed by atoms with E-state index >= 15 is 0 Å². The molecule has 21 nitrogen and oxygen atoms in total. The summed E-state index contributed by atoms with van der Waals surface area (Å²) in [7, 11) is 0. The van der Waals surface area contributed by atoms with Crippen molar-refractivity contribution < 1.29 is 67.5 Å². The number of hydrogen-bond donors (Lipinski definition) is 7. The molecule has 1 unspecified atom stereocenters. The van der Waals surface area contributed by atoms with E-state index in [2.05, 4.69) is 15.0 Å². The molecule has 0 saturated heterocycles. The highest BCUT2D eigenvalue weighted by atomic mass is 32.2. The van der Waals surface area contributed by atoms with E-state index in [4.69, 9.17) is 9.29 Å². The standard InChI is InChI=1S/C35H45N7O14S/c43-24-56-17-12-35(10-7-31(46)47,11-8-32(48)49)37-29(44)20-40-14-1-2-27(40)18-39(15-9-25-3-5-26(6-4-25)38-57(54)55)19-28-36-13-16-41(28)21-30(45)42(22-33(50)51)23-34(52)53/h1-6,13-14,16,24,38H,7-12,15,17-23H2,(H,37,44)(H,46,47)(H,48,49)(H,50,51)(H,52,53)(H,54,55). The summed E-state index contributed by atoms with van der Waals surface area (Å²) in [5.74, 6) is -6.03. The second kappa shape index (κ2) is 22.4. The van der Waals surface area contributed by atoms with Gasteiger partial charge in [-0.15, -0.1) is 0 Å². The first-order valence-corrected chi connectivity index (χ1v) is 18.5. The topological polar surface area (TPSA) is 300 Å². The molecule has 2 amide bonds. The molecule has 0 fully saturated rings. The average Bonchev–Trinajstić information content (AvgIpc) is 3.76. The lowest BCUT2D eigenvalue weighted by atomic mass is 9.85. The third kappa shape index (κ3) is 16.2. The first-order chi connectivity index (χ1) is 27.1. The molecule has 0 aliphatic heterocycles. The molecule has 310 valence electrons. The Morgan fingerprint density at radius 3 is 2.07 bits per heavy atom. The number of carboxylic acid groups (broad SMARTS) is 4. The van der Waals surface area contributed by atoms with Gasteiger partial charge in [-0.3, -0.25) is 47.7 Å². The van der Waals surface area contributed by atoms with Crippen LogP contribution in [0.15, 0.2) is 55.0 Å². The van der Waals surface area contributed by atoms with Gasteiger partial charge in [0.25, 0.3) is 17.7 Å². The van der Waals surface area contributed by atoms with E-state index in [9.17, 15) is 58.2 Å². The minimum Gasteiger partial charge on any atom is -0.481 e. The summed E-state index contributed by atoms with van der Waals surface area (Å²) in [4.78, 5) is 90.0. The molecule has 1 aromatic carbocycles. The van der Waals surface area contributed by atoms with Crippen molar-refractivity contribution in [3.05, 3.63) is 72.1 Å². The summed E-state index contributed by atoms with van der Waals surface area (Å²) in [6.07, 6.45) is 4.00. The Hall–Kier alpha value is -6.13. The Kier molecular flexibility index (Phi) is 17.8. The van der Waals surface area contributed by atoms with E-state index in [1.54, 1.807) is 47.2 Å². The molecule has 57 heavy (non-hydrogen) atoms. The molecule has 22 heteroatoms. The fraction of sp³-hybridized carbons (Fsp3) is 0.429. The van der Waals surface area contributed by atoms with Gasteiger partial charge in [0.2, 0.25) is 11.8 Å². The number of hydrogen-bond acceptors (Lipinski definition) is 11. The Morgan fingerprint density at radius 2 is 1.49 bits per heavy atom. The minimum absolute atomic E-state index is 0.0290. The van der Waals surface area contributed by atoms with Crippen molar-refractivity contribution in [2.24, 2.45) is 0 Å². The summed E-state index contributed by atoms with van der Waals surface area (Å²) in [5, 5.41) is 40.0. The molecule has 0 spiro atoms. The van der Waals surface area contributed by atoms with Crippen LogP contribution in [0.5, 0.6) is 0 Å². The number of nitrogens with zero attached hydrogens (tertiary/aromatic N) is 5. The van der Waals surface area contributed by atoms with Crippen LogP contribution in [-0.4, -0.2) is 127 Å². The lowest BCUT2D eigenvalue weighted by Gasteiger charge is -2.34. The summed E-state index contributed by atoms with van der Waals surface area (Å²) in [6.45, 7) is -1.56. The molecule has 1 atom stereocenters. The van der Waals surface area contributed by atoms with Crippen LogP contribution in [0.25, 0.3) is 0 Å². The van der Waals surface area contributed by atoms with Gasteiger partial charge < -0.3 is 44.5 Å². The molecule has 2 aromatic heterocycles. The van der Waals surface area contributed by atoms with E-state index in [1.807, 2.05) is 4.90 Å². The Bertz CT molecular complexity index is 1850. The van der Waals surface area contributed by atoms with Gasteiger partial charge in [0.15, 0.2) is 0 Å². The molecule has 7 N–H and O–H groups in total. The predicted molar refractivity (Wildman–Crippen MR) is 198 cm³/mol. The zero-order valence-electron chi connectivity index (χ0n) is 30.7. The SMILES string of the molecule is O=COCCC(CCC(=O)O)(CCC(=O)O)NC(=O)Cn1cccc1CN(CCc1ccc(NS(=O)O)cc1)Cc1nccn1CC(=O)N(CC(=O)O)CC(=O)O. The number of amides is 2. The quantitative estimate of drug-likeness (QED) is 0.0300. The normalized spacial score (nSPS) is 11.8. The molecule has 0 saturated carbocycles. The van der Waals surface area contributed by atoms with Crippen molar-refractivity contribution >= 4 is 59.1 Å². The second-order valence-electron chi connectivity index (χ2n) is 13.0. The molecule has 2 heterocycles. The molecular weight excluding hydrogens is 774 g/mol. The second-order valence-corrected chi connectivity index (χ2v) is 13.7. The van der Waals surface area contributed by atoms with Crippen molar-refractivity contribution in [1.29, 1.82) is 0 Å². The van der Waals surface area contributed by atoms with Gasteiger partial charge in [-0.25, -0.2) is 9.19 Å². The van der Waals surface area contributed by atoms with Gasteiger partial charge in [0, 0.05) is 67.9 Å². The van der Waals surface area contributed by atoms with E-state index < -0.39 is 72.1 Å². The lowest BCUT2D eigenvalue weighted by Crippen LogP contribution is -2.51. The molecule has 0 aliphatic rings. The van der Waals surface area contributed by atoms with E-state index in [1.165, 1.54) is 17.0 Å². The highest BCUT2D eigenvalue weighted by Gasteiger charge is 2.33. The first-order valence-electron chi connectivity index (χ1n) is 17.4. The van der Waals surface area contributed by atoms with E-state index in [0.29, 0.717) is 35.1 Å². The number of aromatic nitrogens is 3. The maximum atomic E-state index is 13.6. The fourth-order valence-electron chi connectivity index (χ4n) is 6.01. The average molecular weight is 820 g/mol. The van der Waals surface area contributed by atoms with Gasteiger partial charge in [-0.05, 0) is 49.1 Å². The number of imidazole rings is 1. The van der Waals surface area contributed by atoms with Crippen LogP contribution in [-0.2, 0) is 82.2 Å². The van der Waals surface area contributed by atoms with Gasteiger partial charge in [-0.1, -0.05) is 12.1 Å². The third-order valence-corrected chi connectivity index (χ3v) is 9.19. The summed E-state index contributed by atoms with van der Waals surface area (Å²) >= 11 is -2.26. The number of ether oxygens (including phenoxy) is 1. The van der Waals surface area contributed by atoms with Crippen molar-refractivity contribution in [1.82, 2.24) is 29.2 Å². The molecule has 0 radical (unpaired) electrons. The van der Waals surface area contributed by atoms with Crippen molar-refractivity contribution in [3.8, 4) is 0 Å². The molecular formula is C35H45N7O14S. The predicted octanol–water partition coefficient (Wildman–Crippen LogP) is 0.624. The Morgan fingerprint density at radius 1 is 0.842 bits per heavy atom. The number of carbonyl (C=O) groups is 7. The van der Waals surface area contributed by atoms with E-state index in [-0.39, 0.29) is 64.8 Å². The fourth-order valence-corrected chi connectivity index (χ4v) is 6.34. The van der Waals surface area contributed by atoms with Gasteiger partial charge in [0.1, 0.15) is 32.0 Å². The molecule has 3 aromatic rings.